The smallest absolute Gasteiger partial charge is 0.267 e. The lowest BCUT2D eigenvalue weighted by atomic mass is 9.97. The molecule has 1 aliphatic heterocycles. The zero-order valence-corrected chi connectivity index (χ0v) is 13.4. The zero-order valence-electron chi connectivity index (χ0n) is 11.8. The SMILES string of the molecule is CC(C1CCCN1S(=O)(=O)C(C)C)C(C)S(=O)(=O)O. The molecule has 1 aliphatic rings. The van der Waals surface area contributed by atoms with Gasteiger partial charge in [-0.1, -0.05) is 6.92 Å². The van der Waals surface area contributed by atoms with Gasteiger partial charge in [-0.05, 0) is 39.5 Å². The van der Waals surface area contributed by atoms with Gasteiger partial charge in [-0.15, -0.1) is 0 Å². The molecule has 0 radical (unpaired) electrons. The molecule has 1 heterocycles. The van der Waals surface area contributed by atoms with Crippen molar-refractivity contribution in [3.8, 4) is 0 Å². The monoisotopic (exact) mass is 313 g/mol. The van der Waals surface area contributed by atoms with Gasteiger partial charge in [0, 0.05) is 12.6 Å². The second-order valence-corrected chi connectivity index (χ2v) is 9.71. The topological polar surface area (TPSA) is 91.8 Å². The molecule has 3 unspecified atom stereocenters. The summed E-state index contributed by atoms with van der Waals surface area (Å²) in [6.07, 6.45) is 1.35. The Morgan fingerprint density at radius 2 is 1.63 bits per heavy atom. The summed E-state index contributed by atoms with van der Waals surface area (Å²) in [7, 11) is -7.54. The van der Waals surface area contributed by atoms with Crippen LogP contribution in [-0.2, 0) is 20.1 Å². The van der Waals surface area contributed by atoms with Gasteiger partial charge in [-0.25, -0.2) is 8.42 Å². The number of hydrogen-bond donors (Lipinski definition) is 1. The summed E-state index contributed by atoms with van der Waals surface area (Å²) in [5.41, 5.74) is 0. The maximum Gasteiger partial charge on any atom is 0.267 e. The predicted octanol–water partition coefficient (Wildman–Crippen LogP) is 1.10. The van der Waals surface area contributed by atoms with Crippen molar-refractivity contribution in [2.45, 2.75) is 57.1 Å². The van der Waals surface area contributed by atoms with Crippen molar-refractivity contribution in [3.05, 3.63) is 0 Å². The minimum absolute atomic E-state index is 0.357. The first-order valence-corrected chi connectivity index (χ1v) is 9.47. The Labute approximate surface area is 116 Å². The second-order valence-electron chi connectivity index (χ2n) is 5.49. The van der Waals surface area contributed by atoms with E-state index in [1.165, 1.54) is 11.2 Å². The van der Waals surface area contributed by atoms with Crippen molar-refractivity contribution in [3.63, 3.8) is 0 Å². The van der Waals surface area contributed by atoms with Gasteiger partial charge < -0.3 is 0 Å². The molecular formula is C11H23NO5S2. The zero-order chi connectivity index (χ0) is 15.0. The van der Waals surface area contributed by atoms with Crippen LogP contribution in [0.25, 0.3) is 0 Å². The average molecular weight is 313 g/mol. The summed E-state index contributed by atoms with van der Waals surface area (Å²) >= 11 is 0. The highest BCUT2D eigenvalue weighted by Gasteiger charge is 2.42. The van der Waals surface area contributed by atoms with Gasteiger partial charge in [0.1, 0.15) is 0 Å². The Hall–Kier alpha value is -0.180. The third-order valence-electron chi connectivity index (χ3n) is 3.99. The molecule has 0 bridgehead atoms. The highest BCUT2D eigenvalue weighted by atomic mass is 32.2. The first kappa shape index (κ1) is 16.9. The molecule has 1 fully saturated rings. The van der Waals surface area contributed by atoms with E-state index >= 15 is 0 Å². The van der Waals surface area contributed by atoms with Gasteiger partial charge in [-0.2, -0.15) is 12.7 Å². The van der Waals surface area contributed by atoms with Crippen LogP contribution < -0.4 is 0 Å². The van der Waals surface area contributed by atoms with E-state index in [2.05, 4.69) is 0 Å². The van der Waals surface area contributed by atoms with Gasteiger partial charge in [-0.3, -0.25) is 4.55 Å². The Bertz CT molecular complexity index is 511. The Balaban J connectivity index is 3.01. The molecule has 0 aliphatic carbocycles. The highest BCUT2D eigenvalue weighted by molar-refractivity contribution is 7.89. The standard InChI is InChI=1S/C11H23NO5S2/c1-8(2)18(13,14)12-7-5-6-11(12)9(3)10(4)19(15,16)17/h8-11H,5-7H2,1-4H3,(H,15,16,17). The van der Waals surface area contributed by atoms with E-state index in [4.69, 9.17) is 4.55 Å². The Kier molecular flexibility index (Phi) is 5.03. The van der Waals surface area contributed by atoms with Crippen LogP contribution >= 0.6 is 0 Å². The van der Waals surface area contributed by atoms with Crippen molar-refractivity contribution in [2.24, 2.45) is 5.92 Å². The summed E-state index contributed by atoms with van der Waals surface area (Å²) in [6, 6.07) is -0.357. The maximum absolute atomic E-state index is 12.2. The number of hydrogen-bond acceptors (Lipinski definition) is 4. The summed E-state index contributed by atoms with van der Waals surface area (Å²) < 4.78 is 57.4. The van der Waals surface area contributed by atoms with Crippen molar-refractivity contribution in [1.82, 2.24) is 4.31 Å². The molecule has 1 saturated heterocycles. The molecule has 1 rings (SSSR count). The molecular weight excluding hydrogens is 290 g/mol. The van der Waals surface area contributed by atoms with Crippen LogP contribution in [0.1, 0.15) is 40.5 Å². The first-order valence-electron chi connectivity index (χ1n) is 6.46. The fraction of sp³-hybridized carbons (Fsp3) is 1.00. The van der Waals surface area contributed by atoms with E-state index in [0.29, 0.717) is 13.0 Å². The van der Waals surface area contributed by atoms with Gasteiger partial charge >= 0.3 is 0 Å². The van der Waals surface area contributed by atoms with Crippen molar-refractivity contribution < 1.29 is 21.4 Å². The molecule has 3 atom stereocenters. The third kappa shape index (κ3) is 3.48. The molecule has 114 valence electrons. The van der Waals surface area contributed by atoms with Crippen LogP contribution in [-0.4, -0.2) is 48.8 Å². The van der Waals surface area contributed by atoms with Crippen LogP contribution in [0.5, 0.6) is 0 Å². The molecule has 0 aromatic heterocycles. The van der Waals surface area contributed by atoms with Crippen molar-refractivity contribution >= 4 is 20.1 Å². The molecule has 8 heteroatoms. The fourth-order valence-electron chi connectivity index (χ4n) is 2.46. The van der Waals surface area contributed by atoms with E-state index < -0.39 is 36.6 Å². The molecule has 0 amide bonds. The quantitative estimate of drug-likeness (QED) is 0.767. The maximum atomic E-state index is 12.2. The lowest BCUT2D eigenvalue weighted by Crippen LogP contribution is -2.46. The van der Waals surface area contributed by atoms with Crippen LogP contribution in [0.15, 0.2) is 0 Å². The largest absolute Gasteiger partial charge is 0.285 e. The fourth-order valence-corrected chi connectivity index (χ4v) is 4.79. The molecule has 0 spiro atoms. The normalized spacial score (nSPS) is 25.7. The van der Waals surface area contributed by atoms with Crippen molar-refractivity contribution in [1.29, 1.82) is 0 Å². The lowest BCUT2D eigenvalue weighted by Gasteiger charge is -2.32. The summed E-state index contributed by atoms with van der Waals surface area (Å²) in [4.78, 5) is 0. The minimum atomic E-state index is -4.15. The Morgan fingerprint density at radius 1 is 1.11 bits per heavy atom. The van der Waals surface area contributed by atoms with E-state index in [0.717, 1.165) is 6.42 Å². The van der Waals surface area contributed by atoms with Crippen LogP contribution in [0.4, 0.5) is 0 Å². The van der Waals surface area contributed by atoms with Gasteiger partial charge in [0.2, 0.25) is 10.0 Å². The summed E-state index contributed by atoms with van der Waals surface area (Å²) in [5, 5.41) is -1.50. The van der Waals surface area contributed by atoms with Gasteiger partial charge in [0.05, 0.1) is 10.5 Å². The van der Waals surface area contributed by atoms with E-state index in [9.17, 15) is 16.8 Å². The molecule has 0 saturated carbocycles. The molecule has 1 N–H and O–H groups in total. The summed E-state index contributed by atoms with van der Waals surface area (Å²) in [6.45, 7) is 6.74. The minimum Gasteiger partial charge on any atom is -0.285 e. The van der Waals surface area contributed by atoms with Crippen LogP contribution in [0.2, 0.25) is 0 Å². The number of rotatable bonds is 5. The van der Waals surface area contributed by atoms with Gasteiger partial charge in [0.15, 0.2) is 0 Å². The second kappa shape index (κ2) is 5.67. The number of sulfonamides is 1. The van der Waals surface area contributed by atoms with E-state index in [1.807, 2.05) is 0 Å². The van der Waals surface area contributed by atoms with Crippen molar-refractivity contribution in [2.75, 3.05) is 6.54 Å². The van der Waals surface area contributed by atoms with E-state index in [-0.39, 0.29) is 6.04 Å². The average Bonchev–Trinajstić information content (AvgIpc) is 2.74. The molecule has 19 heavy (non-hydrogen) atoms. The van der Waals surface area contributed by atoms with Crippen LogP contribution in [0.3, 0.4) is 0 Å². The Morgan fingerprint density at radius 3 is 2.05 bits per heavy atom. The summed E-state index contributed by atoms with van der Waals surface area (Å²) in [5.74, 6) is -0.439. The molecule has 6 nitrogen and oxygen atoms in total. The van der Waals surface area contributed by atoms with Gasteiger partial charge in [0.25, 0.3) is 10.1 Å². The lowest BCUT2D eigenvalue weighted by molar-refractivity contribution is 0.287. The van der Waals surface area contributed by atoms with E-state index in [1.54, 1.807) is 20.8 Å². The highest BCUT2D eigenvalue weighted by Crippen LogP contribution is 2.31. The first-order chi connectivity index (χ1) is 8.49. The molecule has 0 aromatic rings. The third-order valence-corrected chi connectivity index (χ3v) is 7.66. The van der Waals surface area contributed by atoms with Crippen LogP contribution in [0, 0.1) is 5.92 Å². The number of nitrogens with zero attached hydrogens (tertiary/aromatic N) is 1. The molecule has 0 aromatic carbocycles. The predicted molar refractivity (Wildman–Crippen MR) is 74.0 cm³/mol.